The number of benzene rings is 2. The number of aryl methyl sites for hydroxylation is 1. The SMILES string of the molecule is Cc1ccc(/C=C2\SC(=O)N(c3ccccc3F)C2=O)cc1. The predicted molar refractivity (Wildman–Crippen MR) is 86.0 cm³/mol. The Bertz CT molecular complexity index is 784. The summed E-state index contributed by atoms with van der Waals surface area (Å²) in [6.07, 6.45) is 1.64. The summed E-state index contributed by atoms with van der Waals surface area (Å²) in [6.45, 7) is 1.97. The van der Waals surface area contributed by atoms with Crippen molar-refractivity contribution in [3.8, 4) is 0 Å². The zero-order chi connectivity index (χ0) is 15.7. The van der Waals surface area contributed by atoms with Crippen molar-refractivity contribution in [2.45, 2.75) is 6.92 Å². The summed E-state index contributed by atoms with van der Waals surface area (Å²) >= 11 is 0.816. The van der Waals surface area contributed by atoms with E-state index in [0.717, 1.165) is 27.8 Å². The van der Waals surface area contributed by atoms with Gasteiger partial charge in [0, 0.05) is 0 Å². The maximum Gasteiger partial charge on any atom is 0.298 e. The first kappa shape index (κ1) is 14.5. The maximum atomic E-state index is 13.8. The van der Waals surface area contributed by atoms with E-state index >= 15 is 0 Å². The van der Waals surface area contributed by atoms with Crippen molar-refractivity contribution >= 4 is 34.7 Å². The van der Waals surface area contributed by atoms with Gasteiger partial charge >= 0.3 is 0 Å². The highest BCUT2D eigenvalue weighted by molar-refractivity contribution is 8.19. The van der Waals surface area contributed by atoms with Gasteiger partial charge in [-0.1, -0.05) is 42.0 Å². The lowest BCUT2D eigenvalue weighted by molar-refractivity contribution is -0.113. The third kappa shape index (κ3) is 2.67. The zero-order valence-electron chi connectivity index (χ0n) is 11.7. The van der Waals surface area contributed by atoms with Crippen LogP contribution in [0.5, 0.6) is 0 Å². The molecule has 0 aliphatic carbocycles. The lowest BCUT2D eigenvalue weighted by atomic mass is 10.1. The van der Waals surface area contributed by atoms with Crippen LogP contribution in [0.3, 0.4) is 0 Å². The van der Waals surface area contributed by atoms with Crippen LogP contribution in [0.1, 0.15) is 11.1 Å². The standard InChI is InChI=1S/C17H12FNO2S/c1-11-6-8-12(9-7-11)10-15-16(20)19(17(21)22-15)14-5-3-2-4-13(14)18/h2-10H,1H3/b15-10-. The number of rotatable bonds is 2. The minimum atomic E-state index is -0.596. The van der Waals surface area contributed by atoms with Crippen LogP contribution in [0.15, 0.2) is 53.4 Å². The number of hydrogen-bond acceptors (Lipinski definition) is 3. The van der Waals surface area contributed by atoms with E-state index in [1.165, 1.54) is 18.2 Å². The normalized spacial score (nSPS) is 16.6. The Morgan fingerprint density at radius 1 is 1.05 bits per heavy atom. The van der Waals surface area contributed by atoms with Crippen molar-refractivity contribution in [3.05, 3.63) is 70.4 Å². The van der Waals surface area contributed by atoms with Crippen LogP contribution in [-0.4, -0.2) is 11.1 Å². The molecule has 1 aliphatic heterocycles. The summed E-state index contributed by atoms with van der Waals surface area (Å²) < 4.78 is 13.8. The van der Waals surface area contributed by atoms with Gasteiger partial charge in [-0.15, -0.1) is 0 Å². The second-order valence-corrected chi connectivity index (χ2v) is 5.87. The van der Waals surface area contributed by atoms with E-state index in [9.17, 15) is 14.0 Å². The van der Waals surface area contributed by atoms with Crippen molar-refractivity contribution in [1.29, 1.82) is 0 Å². The first-order valence-electron chi connectivity index (χ1n) is 6.65. The lowest BCUT2D eigenvalue weighted by Gasteiger charge is -2.12. The van der Waals surface area contributed by atoms with Crippen molar-refractivity contribution in [2.75, 3.05) is 4.90 Å². The summed E-state index contributed by atoms with van der Waals surface area (Å²) in [5, 5.41) is -0.492. The number of para-hydroxylation sites is 1. The highest BCUT2D eigenvalue weighted by Crippen LogP contribution is 2.36. The van der Waals surface area contributed by atoms with Gasteiger partial charge in [-0.25, -0.2) is 9.29 Å². The topological polar surface area (TPSA) is 37.4 Å². The molecule has 0 bridgehead atoms. The molecule has 0 atom stereocenters. The molecule has 0 radical (unpaired) electrons. The Morgan fingerprint density at radius 3 is 2.41 bits per heavy atom. The van der Waals surface area contributed by atoms with Gasteiger partial charge in [-0.05, 0) is 42.5 Å². The van der Waals surface area contributed by atoms with Crippen LogP contribution in [0.2, 0.25) is 0 Å². The quantitative estimate of drug-likeness (QED) is 0.772. The minimum absolute atomic E-state index is 0.0164. The van der Waals surface area contributed by atoms with Crippen LogP contribution in [0, 0.1) is 12.7 Å². The highest BCUT2D eigenvalue weighted by Gasteiger charge is 2.37. The van der Waals surface area contributed by atoms with E-state index in [4.69, 9.17) is 0 Å². The van der Waals surface area contributed by atoms with E-state index in [-0.39, 0.29) is 10.6 Å². The Hall–Kier alpha value is -2.40. The van der Waals surface area contributed by atoms with Gasteiger partial charge in [0.1, 0.15) is 5.82 Å². The third-order valence-corrected chi connectivity index (χ3v) is 4.13. The molecular formula is C17H12FNO2S. The summed E-state index contributed by atoms with van der Waals surface area (Å²) in [5.41, 5.74) is 1.92. The number of nitrogens with zero attached hydrogens (tertiary/aromatic N) is 1. The van der Waals surface area contributed by atoms with E-state index in [1.807, 2.05) is 31.2 Å². The highest BCUT2D eigenvalue weighted by atomic mass is 32.2. The second kappa shape index (κ2) is 5.77. The maximum absolute atomic E-state index is 13.8. The number of carbonyl (C=O) groups excluding carboxylic acids is 2. The minimum Gasteiger partial charge on any atom is -0.268 e. The van der Waals surface area contributed by atoms with E-state index < -0.39 is 17.0 Å². The van der Waals surface area contributed by atoms with E-state index in [2.05, 4.69) is 0 Å². The van der Waals surface area contributed by atoms with Crippen molar-refractivity contribution < 1.29 is 14.0 Å². The molecule has 0 unspecified atom stereocenters. The predicted octanol–water partition coefficient (Wildman–Crippen LogP) is 4.38. The molecule has 2 aromatic carbocycles. The van der Waals surface area contributed by atoms with Crippen LogP contribution < -0.4 is 4.90 Å². The van der Waals surface area contributed by atoms with Crippen molar-refractivity contribution in [3.63, 3.8) is 0 Å². The summed E-state index contributed by atoms with van der Waals surface area (Å²) in [4.78, 5) is 25.6. The van der Waals surface area contributed by atoms with Gasteiger partial charge in [-0.2, -0.15) is 0 Å². The van der Waals surface area contributed by atoms with Crippen LogP contribution >= 0.6 is 11.8 Å². The van der Waals surface area contributed by atoms with E-state index in [1.54, 1.807) is 12.1 Å². The average Bonchev–Trinajstić information content (AvgIpc) is 2.77. The Morgan fingerprint density at radius 2 is 1.73 bits per heavy atom. The number of amides is 2. The van der Waals surface area contributed by atoms with Gasteiger partial charge in [-0.3, -0.25) is 9.59 Å². The number of carbonyl (C=O) groups is 2. The Labute approximate surface area is 131 Å². The molecule has 2 aromatic rings. The number of halogens is 1. The van der Waals surface area contributed by atoms with Gasteiger partial charge in [0.25, 0.3) is 11.1 Å². The molecule has 110 valence electrons. The second-order valence-electron chi connectivity index (χ2n) is 4.88. The van der Waals surface area contributed by atoms with Gasteiger partial charge < -0.3 is 0 Å². The molecular weight excluding hydrogens is 301 g/mol. The molecule has 22 heavy (non-hydrogen) atoms. The van der Waals surface area contributed by atoms with Gasteiger partial charge in [0.05, 0.1) is 10.6 Å². The fourth-order valence-electron chi connectivity index (χ4n) is 2.12. The third-order valence-electron chi connectivity index (χ3n) is 3.26. The molecule has 0 saturated carbocycles. The molecule has 0 aromatic heterocycles. The van der Waals surface area contributed by atoms with Crippen LogP contribution in [0.4, 0.5) is 14.9 Å². The molecule has 0 N–H and O–H groups in total. The lowest BCUT2D eigenvalue weighted by Crippen LogP contribution is -2.28. The largest absolute Gasteiger partial charge is 0.298 e. The van der Waals surface area contributed by atoms with E-state index in [0.29, 0.717) is 0 Å². The number of imide groups is 1. The molecule has 0 spiro atoms. The molecule has 2 amide bonds. The molecule has 5 heteroatoms. The number of hydrogen-bond donors (Lipinski definition) is 0. The Kier molecular flexibility index (Phi) is 3.81. The summed E-state index contributed by atoms with van der Waals surface area (Å²) in [6, 6.07) is 13.3. The van der Waals surface area contributed by atoms with Crippen molar-refractivity contribution in [1.82, 2.24) is 0 Å². The summed E-state index contributed by atoms with van der Waals surface area (Å²) in [7, 11) is 0. The van der Waals surface area contributed by atoms with Gasteiger partial charge in [0.15, 0.2) is 0 Å². The number of thioether (sulfide) groups is 1. The molecule has 3 rings (SSSR count). The molecule has 1 saturated heterocycles. The van der Waals surface area contributed by atoms with Crippen LogP contribution in [-0.2, 0) is 4.79 Å². The molecule has 1 heterocycles. The fraction of sp³-hybridized carbons (Fsp3) is 0.0588. The number of anilines is 1. The average molecular weight is 313 g/mol. The van der Waals surface area contributed by atoms with Crippen LogP contribution in [0.25, 0.3) is 6.08 Å². The van der Waals surface area contributed by atoms with Gasteiger partial charge in [0.2, 0.25) is 0 Å². The molecule has 3 nitrogen and oxygen atoms in total. The monoisotopic (exact) mass is 313 g/mol. The Balaban J connectivity index is 1.95. The fourth-order valence-corrected chi connectivity index (χ4v) is 2.96. The zero-order valence-corrected chi connectivity index (χ0v) is 12.6. The first-order chi connectivity index (χ1) is 10.6. The van der Waals surface area contributed by atoms with Crippen molar-refractivity contribution in [2.24, 2.45) is 0 Å². The smallest absolute Gasteiger partial charge is 0.268 e. The molecule has 1 fully saturated rings. The first-order valence-corrected chi connectivity index (χ1v) is 7.47. The molecule has 1 aliphatic rings. The summed E-state index contributed by atoms with van der Waals surface area (Å²) in [5.74, 6) is -1.10.